The number of thiazole rings is 1. The predicted octanol–water partition coefficient (Wildman–Crippen LogP) is 3.50. The molecule has 0 radical (unpaired) electrons. The van der Waals surface area contributed by atoms with E-state index in [1.54, 1.807) is 6.08 Å². The van der Waals surface area contributed by atoms with E-state index in [1.807, 2.05) is 35.7 Å². The van der Waals surface area contributed by atoms with Crippen molar-refractivity contribution < 1.29 is 4.79 Å². The number of ketones is 1. The van der Waals surface area contributed by atoms with Crippen LogP contribution in [0.3, 0.4) is 0 Å². The minimum Gasteiger partial charge on any atom is -0.299 e. The van der Waals surface area contributed by atoms with Gasteiger partial charge < -0.3 is 0 Å². The number of carbonyl (C=O) groups is 1. The van der Waals surface area contributed by atoms with E-state index in [4.69, 9.17) is 0 Å². The maximum Gasteiger partial charge on any atom is 0.143 e. The number of nitrogens with zero attached hydrogens (tertiary/aromatic N) is 1. The second-order valence-corrected chi connectivity index (χ2v) is 4.64. The first kappa shape index (κ1) is 11.7. The van der Waals surface area contributed by atoms with Crippen molar-refractivity contribution in [3.63, 3.8) is 0 Å². The van der Waals surface area contributed by atoms with E-state index in [1.165, 1.54) is 11.3 Å². The number of Topliss-reactive ketones (excluding diaryl/α,β-unsaturated/α-hetero) is 1. The number of allylic oxidation sites excluding steroid dienone is 1. The Labute approximate surface area is 105 Å². The van der Waals surface area contributed by atoms with Crippen molar-refractivity contribution in [2.45, 2.75) is 12.8 Å². The largest absolute Gasteiger partial charge is 0.299 e. The SMILES string of the molecule is C=CCC(=O)Cc1nc(-c2ccccc2)cs1. The predicted molar refractivity (Wildman–Crippen MR) is 71.1 cm³/mol. The number of hydrogen-bond acceptors (Lipinski definition) is 3. The Kier molecular flexibility index (Phi) is 3.83. The van der Waals surface area contributed by atoms with Crippen molar-refractivity contribution in [3.05, 3.63) is 53.4 Å². The average Bonchev–Trinajstić information content (AvgIpc) is 2.79. The smallest absolute Gasteiger partial charge is 0.143 e. The van der Waals surface area contributed by atoms with Gasteiger partial charge in [0.25, 0.3) is 0 Å². The van der Waals surface area contributed by atoms with Crippen LogP contribution < -0.4 is 0 Å². The first-order chi connectivity index (χ1) is 8.29. The zero-order valence-corrected chi connectivity index (χ0v) is 10.2. The summed E-state index contributed by atoms with van der Waals surface area (Å²) in [4.78, 5) is 15.9. The molecule has 2 rings (SSSR count). The first-order valence-electron chi connectivity index (χ1n) is 5.42. The van der Waals surface area contributed by atoms with E-state index in [0.29, 0.717) is 12.8 Å². The zero-order valence-electron chi connectivity index (χ0n) is 9.43. The molecule has 0 aliphatic rings. The number of benzene rings is 1. The van der Waals surface area contributed by atoms with Gasteiger partial charge in [0.05, 0.1) is 12.1 Å². The molecule has 2 aromatic rings. The summed E-state index contributed by atoms with van der Waals surface area (Å²) >= 11 is 1.53. The molecular weight excluding hydrogens is 230 g/mol. The molecule has 17 heavy (non-hydrogen) atoms. The molecule has 0 spiro atoms. The summed E-state index contributed by atoms with van der Waals surface area (Å²) in [6.07, 6.45) is 2.46. The Morgan fingerprint density at radius 2 is 2.12 bits per heavy atom. The van der Waals surface area contributed by atoms with Crippen LogP contribution in [-0.4, -0.2) is 10.8 Å². The molecule has 1 heterocycles. The van der Waals surface area contributed by atoms with Crippen LogP contribution in [0.5, 0.6) is 0 Å². The van der Waals surface area contributed by atoms with Crippen molar-refractivity contribution in [2.24, 2.45) is 0 Å². The van der Waals surface area contributed by atoms with Gasteiger partial charge in [0.1, 0.15) is 10.8 Å². The molecule has 0 N–H and O–H groups in total. The maximum atomic E-state index is 11.5. The summed E-state index contributed by atoms with van der Waals surface area (Å²) in [5.41, 5.74) is 2.03. The van der Waals surface area contributed by atoms with Crippen LogP contribution in [-0.2, 0) is 11.2 Å². The highest BCUT2D eigenvalue weighted by molar-refractivity contribution is 7.10. The molecule has 1 aromatic carbocycles. The van der Waals surface area contributed by atoms with E-state index >= 15 is 0 Å². The van der Waals surface area contributed by atoms with E-state index in [9.17, 15) is 4.79 Å². The van der Waals surface area contributed by atoms with E-state index in [2.05, 4.69) is 11.6 Å². The fraction of sp³-hybridized carbons (Fsp3) is 0.143. The van der Waals surface area contributed by atoms with Crippen molar-refractivity contribution >= 4 is 17.1 Å². The highest BCUT2D eigenvalue weighted by Crippen LogP contribution is 2.21. The van der Waals surface area contributed by atoms with Crippen LogP contribution >= 0.6 is 11.3 Å². The summed E-state index contributed by atoms with van der Waals surface area (Å²) in [6.45, 7) is 3.56. The third-order valence-electron chi connectivity index (χ3n) is 2.34. The third kappa shape index (κ3) is 3.11. The van der Waals surface area contributed by atoms with Crippen LogP contribution in [0.4, 0.5) is 0 Å². The minimum absolute atomic E-state index is 0.161. The molecule has 0 aliphatic carbocycles. The molecule has 0 atom stereocenters. The molecule has 0 aliphatic heterocycles. The number of hydrogen-bond donors (Lipinski definition) is 0. The average molecular weight is 243 g/mol. The summed E-state index contributed by atoms with van der Waals surface area (Å²) < 4.78 is 0. The molecule has 0 saturated carbocycles. The van der Waals surface area contributed by atoms with E-state index in [-0.39, 0.29) is 5.78 Å². The lowest BCUT2D eigenvalue weighted by molar-refractivity contribution is -0.117. The minimum atomic E-state index is 0.161. The second-order valence-electron chi connectivity index (χ2n) is 3.70. The molecular formula is C14H13NOS. The fourth-order valence-electron chi connectivity index (χ4n) is 1.54. The molecule has 0 fully saturated rings. The lowest BCUT2D eigenvalue weighted by Crippen LogP contribution is -2.00. The standard InChI is InChI=1S/C14H13NOS/c1-2-6-12(16)9-14-15-13(10-17-14)11-7-4-3-5-8-11/h2-5,7-8,10H,1,6,9H2. The molecule has 3 heteroatoms. The molecule has 1 aromatic heterocycles. The Bertz CT molecular complexity index is 516. The van der Waals surface area contributed by atoms with Crippen LogP contribution in [0.2, 0.25) is 0 Å². The van der Waals surface area contributed by atoms with Gasteiger partial charge in [0.2, 0.25) is 0 Å². The van der Waals surface area contributed by atoms with Gasteiger partial charge >= 0.3 is 0 Å². The van der Waals surface area contributed by atoms with Gasteiger partial charge in [-0.1, -0.05) is 36.4 Å². The Morgan fingerprint density at radius 1 is 1.35 bits per heavy atom. The summed E-state index contributed by atoms with van der Waals surface area (Å²) in [7, 11) is 0. The second kappa shape index (κ2) is 5.55. The zero-order chi connectivity index (χ0) is 12.1. The lowest BCUT2D eigenvalue weighted by atomic mass is 10.2. The van der Waals surface area contributed by atoms with Crippen LogP contribution in [0.15, 0.2) is 48.4 Å². The first-order valence-corrected chi connectivity index (χ1v) is 6.30. The van der Waals surface area contributed by atoms with Gasteiger partial charge in [-0.15, -0.1) is 17.9 Å². The van der Waals surface area contributed by atoms with Gasteiger partial charge in [0.15, 0.2) is 0 Å². The van der Waals surface area contributed by atoms with E-state index in [0.717, 1.165) is 16.3 Å². The number of carbonyl (C=O) groups excluding carboxylic acids is 1. The maximum absolute atomic E-state index is 11.5. The highest BCUT2D eigenvalue weighted by atomic mass is 32.1. The summed E-state index contributed by atoms with van der Waals surface area (Å²) in [5.74, 6) is 0.161. The van der Waals surface area contributed by atoms with E-state index < -0.39 is 0 Å². The fourth-order valence-corrected chi connectivity index (χ4v) is 2.37. The highest BCUT2D eigenvalue weighted by Gasteiger charge is 2.07. The normalized spacial score (nSPS) is 10.1. The van der Waals surface area contributed by atoms with Crippen LogP contribution in [0.25, 0.3) is 11.3 Å². The van der Waals surface area contributed by atoms with Crippen molar-refractivity contribution in [2.75, 3.05) is 0 Å². The molecule has 0 unspecified atom stereocenters. The van der Waals surface area contributed by atoms with Gasteiger partial charge in [-0.05, 0) is 0 Å². The molecule has 86 valence electrons. The van der Waals surface area contributed by atoms with Gasteiger partial charge in [-0.3, -0.25) is 4.79 Å². The van der Waals surface area contributed by atoms with Crippen molar-refractivity contribution in [3.8, 4) is 11.3 Å². The van der Waals surface area contributed by atoms with Gasteiger partial charge in [0, 0.05) is 17.4 Å². The Hall–Kier alpha value is -1.74. The van der Waals surface area contributed by atoms with Crippen molar-refractivity contribution in [1.29, 1.82) is 0 Å². The number of aromatic nitrogens is 1. The summed E-state index contributed by atoms with van der Waals surface area (Å²) in [5, 5.41) is 2.86. The van der Waals surface area contributed by atoms with Gasteiger partial charge in [-0.2, -0.15) is 0 Å². The topological polar surface area (TPSA) is 30.0 Å². The summed E-state index contributed by atoms with van der Waals surface area (Å²) in [6, 6.07) is 9.98. The van der Waals surface area contributed by atoms with Crippen LogP contribution in [0, 0.1) is 0 Å². The van der Waals surface area contributed by atoms with Crippen molar-refractivity contribution in [1.82, 2.24) is 4.98 Å². The molecule has 0 bridgehead atoms. The number of rotatable bonds is 5. The Morgan fingerprint density at radius 3 is 2.82 bits per heavy atom. The lowest BCUT2D eigenvalue weighted by Gasteiger charge is -1.95. The Balaban J connectivity index is 2.11. The molecule has 0 saturated heterocycles. The van der Waals surface area contributed by atoms with Crippen LogP contribution in [0.1, 0.15) is 11.4 Å². The molecule has 2 nitrogen and oxygen atoms in total. The quantitative estimate of drug-likeness (QED) is 0.752. The monoisotopic (exact) mass is 243 g/mol. The molecule has 0 amide bonds. The van der Waals surface area contributed by atoms with Gasteiger partial charge in [-0.25, -0.2) is 4.98 Å². The third-order valence-corrected chi connectivity index (χ3v) is 3.19.